The number of phenols is 1. The third kappa shape index (κ3) is 3.13. The van der Waals surface area contributed by atoms with Crippen LogP contribution in [0.1, 0.15) is 5.56 Å². The van der Waals surface area contributed by atoms with Gasteiger partial charge in [0.2, 0.25) is 0 Å². The molecule has 0 saturated carbocycles. The van der Waals surface area contributed by atoms with Gasteiger partial charge >= 0.3 is 11.9 Å². The third-order valence-electron chi connectivity index (χ3n) is 4.02. The topological polar surface area (TPSA) is 120 Å². The fraction of sp³-hybridized carbons (Fsp3) is 0.250. The average molecular weight is 357 g/mol. The number of hydrazone groups is 1. The highest BCUT2D eigenvalue weighted by atomic mass is 16.3. The fourth-order valence-electron chi connectivity index (χ4n) is 2.61. The number of urea groups is 1. The first-order chi connectivity index (χ1) is 12.4. The second-order valence-corrected chi connectivity index (χ2v) is 5.80. The zero-order chi connectivity index (χ0) is 18.8. The van der Waals surface area contributed by atoms with E-state index >= 15 is 0 Å². The molecule has 0 aromatic heterocycles. The summed E-state index contributed by atoms with van der Waals surface area (Å²) >= 11 is 0. The Bertz CT molecular complexity index is 856. The lowest BCUT2D eigenvalue weighted by Gasteiger charge is -2.29. The molecule has 1 aromatic carbocycles. The van der Waals surface area contributed by atoms with Gasteiger partial charge in [0.25, 0.3) is 24.2 Å². The van der Waals surface area contributed by atoms with Crippen LogP contribution in [-0.4, -0.2) is 82.7 Å². The van der Waals surface area contributed by atoms with E-state index in [0.717, 1.165) is 4.90 Å². The third-order valence-corrected chi connectivity index (χ3v) is 4.02. The molecule has 1 unspecified atom stereocenters. The summed E-state index contributed by atoms with van der Waals surface area (Å²) in [4.78, 5) is 40.0. The number of amides is 4. The van der Waals surface area contributed by atoms with Gasteiger partial charge in [0.15, 0.2) is 0 Å². The molecule has 134 valence electrons. The summed E-state index contributed by atoms with van der Waals surface area (Å²) in [7, 11) is 2.91. The second kappa shape index (κ2) is 6.69. The Balaban J connectivity index is 1.60. The van der Waals surface area contributed by atoms with Crippen LogP contribution < -0.4 is 10.1 Å². The highest BCUT2D eigenvalue weighted by Crippen LogP contribution is 2.15. The van der Waals surface area contributed by atoms with Crippen molar-refractivity contribution < 1.29 is 19.5 Å². The van der Waals surface area contributed by atoms with E-state index in [2.05, 4.69) is 15.2 Å². The number of phenolic OH excluding ortho intramolecular Hbond substituents is 1. The maximum atomic E-state index is 12.3. The first-order valence-electron chi connectivity index (χ1n) is 7.71. The molecular weight excluding hydrogens is 340 g/mol. The standard InChI is InChI=1S/C16H16N6O4/c1-20-14-13(15(25)21(2)16(20)26)22(9-17-14)8-12(24)19-18-7-10-3-5-11(23)6-4-10/h3-7,9,13H,8H2,1-2H3,(H-,18,19,23,24)/p+1. The molecule has 0 spiro atoms. The van der Waals surface area contributed by atoms with Crippen molar-refractivity contribution in [3.05, 3.63) is 29.8 Å². The quantitative estimate of drug-likeness (QED) is 0.388. The van der Waals surface area contributed by atoms with Gasteiger partial charge in [-0.05, 0) is 29.8 Å². The molecular formula is C16H17N6O4+. The van der Waals surface area contributed by atoms with E-state index in [1.54, 1.807) is 12.1 Å². The van der Waals surface area contributed by atoms with Crippen LogP contribution in [0, 0.1) is 0 Å². The zero-order valence-corrected chi connectivity index (χ0v) is 14.2. The minimum atomic E-state index is -0.811. The van der Waals surface area contributed by atoms with Crippen LogP contribution in [-0.2, 0) is 9.59 Å². The Hall–Kier alpha value is -3.65. The largest absolute Gasteiger partial charge is 0.508 e. The van der Waals surface area contributed by atoms with Crippen molar-refractivity contribution in [3.63, 3.8) is 0 Å². The van der Waals surface area contributed by atoms with E-state index in [9.17, 15) is 19.5 Å². The number of fused-ring (bicyclic) bond motifs is 1. The number of hydrogen-bond donors (Lipinski definition) is 2. The van der Waals surface area contributed by atoms with E-state index < -0.39 is 23.9 Å². The number of rotatable bonds is 4. The molecule has 10 nitrogen and oxygen atoms in total. The van der Waals surface area contributed by atoms with Gasteiger partial charge in [-0.25, -0.2) is 14.9 Å². The number of nitrogens with zero attached hydrogens (tertiary/aromatic N) is 5. The summed E-state index contributed by atoms with van der Waals surface area (Å²) in [5.41, 5.74) is 3.06. The minimum absolute atomic E-state index is 0.136. The Morgan fingerprint density at radius 2 is 1.96 bits per heavy atom. The maximum Gasteiger partial charge on any atom is 0.389 e. The lowest BCUT2D eigenvalue weighted by Crippen LogP contribution is -2.63. The SMILES string of the molecule is CN1C(=O)C2C(=[N+]=CN2CC(=O)N/N=C/c2ccc(O)cc2)N(C)C1=O. The van der Waals surface area contributed by atoms with E-state index in [1.165, 1.54) is 48.6 Å². The van der Waals surface area contributed by atoms with Crippen LogP contribution in [0.15, 0.2) is 29.4 Å². The van der Waals surface area contributed by atoms with Gasteiger partial charge in [-0.15, -0.1) is 0 Å². The highest BCUT2D eigenvalue weighted by molar-refractivity contribution is 6.22. The van der Waals surface area contributed by atoms with Gasteiger partial charge in [-0.3, -0.25) is 19.4 Å². The summed E-state index contributed by atoms with van der Waals surface area (Å²) in [5.74, 6) is -0.459. The molecule has 2 aliphatic rings. The van der Waals surface area contributed by atoms with Gasteiger partial charge < -0.3 is 5.11 Å². The molecule has 2 N–H and O–H groups in total. The van der Waals surface area contributed by atoms with Crippen molar-refractivity contribution in [2.24, 2.45) is 5.10 Å². The number of amidine groups is 1. The van der Waals surface area contributed by atoms with Gasteiger partial charge in [0, 0.05) is 7.05 Å². The summed E-state index contributed by atoms with van der Waals surface area (Å²) in [5, 5.41) is 13.0. The maximum absolute atomic E-state index is 12.3. The predicted molar refractivity (Wildman–Crippen MR) is 93.5 cm³/mol. The number of benzene rings is 1. The summed E-state index contributed by atoms with van der Waals surface area (Å²) < 4.78 is 4.08. The Morgan fingerprint density at radius 3 is 2.65 bits per heavy atom. The number of nitrogens with one attached hydrogen (secondary N) is 1. The smallest absolute Gasteiger partial charge is 0.389 e. The molecule has 1 saturated heterocycles. The van der Waals surface area contributed by atoms with Gasteiger partial charge in [0.1, 0.15) is 12.3 Å². The number of likely N-dealkylation sites (N-methyl/N-ethyl adjacent to an activating group) is 2. The summed E-state index contributed by atoms with van der Waals surface area (Å²) in [6, 6.07) is 5.01. The number of hydrogen-bond acceptors (Lipinski definition) is 6. The Kier molecular flexibility index (Phi) is 4.42. The van der Waals surface area contributed by atoms with Crippen LogP contribution in [0.5, 0.6) is 5.75 Å². The second-order valence-electron chi connectivity index (χ2n) is 5.80. The number of carbonyl (C=O) groups excluding carboxylic acids is 3. The molecule has 26 heavy (non-hydrogen) atoms. The van der Waals surface area contributed by atoms with Gasteiger partial charge in [-0.1, -0.05) is 0 Å². The molecule has 3 rings (SSSR count). The van der Waals surface area contributed by atoms with Gasteiger partial charge in [0.05, 0.1) is 13.3 Å². The van der Waals surface area contributed by atoms with Crippen molar-refractivity contribution >= 4 is 36.2 Å². The molecule has 0 aliphatic carbocycles. The average Bonchev–Trinajstić information content (AvgIpc) is 3.03. The number of imide groups is 1. The van der Waals surface area contributed by atoms with E-state index in [0.29, 0.717) is 11.4 Å². The first kappa shape index (κ1) is 17.2. The van der Waals surface area contributed by atoms with Crippen molar-refractivity contribution in [1.82, 2.24) is 24.8 Å². The highest BCUT2D eigenvalue weighted by Gasteiger charge is 2.53. The van der Waals surface area contributed by atoms with E-state index in [4.69, 9.17) is 0 Å². The predicted octanol–water partition coefficient (Wildman–Crippen LogP) is -1.46. The van der Waals surface area contributed by atoms with E-state index in [1.807, 2.05) is 0 Å². The minimum Gasteiger partial charge on any atom is -0.508 e. The lowest BCUT2D eigenvalue weighted by molar-refractivity contribution is -0.131. The monoisotopic (exact) mass is 357 g/mol. The van der Waals surface area contributed by atoms with Crippen LogP contribution in [0.3, 0.4) is 0 Å². The van der Waals surface area contributed by atoms with Gasteiger partial charge in [-0.2, -0.15) is 10.0 Å². The van der Waals surface area contributed by atoms with Crippen molar-refractivity contribution in [3.8, 4) is 5.75 Å². The number of carbonyl (C=O) groups is 3. The fourth-order valence-corrected chi connectivity index (χ4v) is 2.61. The number of aromatic hydroxyl groups is 1. The molecule has 4 amide bonds. The molecule has 10 heteroatoms. The molecule has 1 fully saturated rings. The molecule has 0 bridgehead atoms. The molecule has 1 atom stereocenters. The summed E-state index contributed by atoms with van der Waals surface area (Å²) in [6.07, 6.45) is 2.79. The van der Waals surface area contributed by atoms with Crippen molar-refractivity contribution in [2.45, 2.75) is 6.04 Å². The van der Waals surface area contributed by atoms with Crippen LogP contribution in [0.2, 0.25) is 0 Å². The van der Waals surface area contributed by atoms with Crippen LogP contribution in [0.25, 0.3) is 0 Å². The van der Waals surface area contributed by atoms with Crippen LogP contribution in [0.4, 0.5) is 4.79 Å². The van der Waals surface area contributed by atoms with Crippen molar-refractivity contribution in [1.29, 1.82) is 0 Å². The Labute approximate surface area is 148 Å². The lowest BCUT2D eigenvalue weighted by atomic mass is 10.1. The normalized spacial score (nSPS) is 19.2. The van der Waals surface area contributed by atoms with Crippen LogP contribution >= 0.6 is 0 Å². The van der Waals surface area contributed by atoms with E-state index in [-0.39, 0.29) is 12.3 Å². The first-order valence-corrected chi connectivity index (χ1v) is 7.71. The molecule has 2 aliphatic heterocycles. The Morgan fingerprint density at radius 1 is 1.27 bits per heavy atom. The zero-order valence-electron chi connectivity index (χ0n) is 14.2. The summed E-state index contributed by atoms with van der Waals surface area (Å²) in [6.45, 7) is -0.147. The molecule has 0 radical (unpaired) electrons. The molecule has 1 aromatic rings. The van der Waals surface area contributed by atoms with Crippen molar-refractivity contribution in [2.75, 3.05) is 20.6 Å². The molecule has 2 heterocycles.